The highest BCUT2D eigenvalue weighted by molar-refractivity contribution is 5.26. The molecule has 1 fully saturated rings. The number of ether oxygens (including phenoxy) is 1. The second-order valence-corrected chi connectivity index (χ2v) is 2.97. The third kappa shape index (κ3) is 1.88. The quantitative estimate of drug-likeness (QED) is 0.511. The van der Waals surface area contributed by atoms with E-state index in [2.05, 4.69) is 20.3 Å². The molecule has 0 bridgehead atoms. The second kappa shape index (κ2) is 3.72. The molecule has 1 unspecified atom stereocenters. The normalized spacial score (nSPS) is 22.1. The number of morpholine rings is 1. The third-order valence-corrected chi connectivity index (χ3v) is 1.90. The van der Waals surface area contributed by atoms with Crippen molar-refractivity contribution < 1.29 is 4.74 Å². The minimum Gasteiger partial charge on any atom is -0.368 e. The van der Waals surface area contributed by atoms with Crippen LogP contribution in [0, 0.1) is 0 Å². The van der Waals surface area contributed by atoms with Crippen LogP contribution in [0.25, 0.3) is 0 Å². The van der Waals surface area contributed by atoms with Gasteiger partial charge in [-0.3, -0.25) is 0 Å². The van der Waals surface area contributed by atoms with Crippen molar-refractivity contribution in [2.45, 2.75) is 6.10 Å². The molecule has 0 aromatic carbocycles. The van der Waals surface area contributed by atoms with E-state index in [4.69, 9.17) is 16.2 Å². The molecule has 1 saturated heterocycles. The molecule has 14 heavy (non-hydrogen) atoms. The Morgan fingerprint density at radius 2 is 1.93 bits per heavy atom. The van der Waals surface area contributed by atoms with Crippen molar-refractivity contribution in [2.24, 2.45) is 0 Å². The van der Waals surface area contributed by atoms with Gasteiger partial charge in [0.1, 0.15) is 6.10 Å². The maximum absolute atomic E-state index is 5.45. The second-order valence-electron chi connectivity index (χ2n) is 2.97. The molecule has 1 aliphatic rings. The summed E-state index contributed by atoms with van der Waals surface area (Å²) >= 11 is 0. The van der Waals surface area contributed by atoms with Gasteiger partial charge in [0.15, 0.2) is 5.82 Å². The van der Waals surface area contributed by atoms with Gasteiger partial charge in [-0.2, -0.15) is 15.0 Å². The molecule has 76 valence electrons. The fourth-order valence-corrected chi connectivity index (χ4v) is 1.30. The first-order chi connectivity index (χ1) is 6.75. The summed E-state index contributed by atoms with van der Waals surface area (Å²) in [6, 6.07) is 0. The average molecular weight is 196 g/mol. The Bertz CT molecular complexity index is 304. The van der Waals surface area contributed by atoms with E-state index < -0.39 is 0 Å². The number of nitrogens with two attached hydrogens (primary N) is 2. The largest absolute Gasteiger partial charge is 0.368 e. The molecule has 0 amide bonds. The van der Waals surface area contributed by atoms with Gasteiger partial charge in [0.2, 0.25) is 11.9 Å². The van der Waals surface area contributed by atoms with Crippen LogP contribution in [0.2, 0.25) is 0 Å². The van der Waals surface area contributed by atoms with Gasteiger partial charge in [0, 0.05) is 13.1 Å². The lowest BCUT2D eigenvalue weighted by molar-refractivity contribution is 0.0222. The minimum atomic E-state index is -0.184. The van der Waals surface area contributed by atoms with Crippen molar-refractivity contribution >= 4 is 11.9 Å². The maximum atomic E-state index is 5.45. The smallest absolute Gasteiger partial charge is 0.225 e. The lowest BCUT2D eigenvalue weighted by Gasteiger charge is -2.22. The Hall–Kier alpha value is -1.47. The zero-order chi connectivity index (χ0) is 9.97. The molecule has 1 aliphatic heterocycles. The molecule has 7 heteroatoms. The molecule has 1 aromatic heterocycles. The highest BCUT2D eigenvalue weighted by Gasteiger charge is 2.19. The first-order valence-electron chi connectivity index (χ1n) is 4.35. The monoisotopic (exact) mass is 196 g/mol. The average Bonchev–Trinajstić information content (AvgIpc) is 2.18. The van der Waals surface area contributed by atoms with Crippen molar-refractivity contribution in [2.75, 3.05) is 31.2 Å². The molecule has 1 aromatic rings. The van der Waals surface area contributed by atoms with Gasteiger partial charge in [0.05, 0.1) is 6.61 Å². The SMILES string of the molecule is Nc1nc(N)nc(C2CNCCO2)n1. The molecular formula is C7H12N6O. The van der Waals surface area contributed by atoms with Gasteiger partial charge in [-0.25, -0.2) is 0 Å². The number of nitrogens with zero attached hydrogens (tertiary/aromatic N) is 3. The number of anilines is 2. The predicted octanol–water partition coefficient (Wildman–Crippen LogP) is -1.30. The fourth-order valence-electron chi connectivity index (χ4n) is 1.30. The molecule has 0 saturated carbocycles. The predicted molar refractivity (Wildman–Crippen MR) is 50.2 cm³/mol. The molecule has 2 heterocycles. The van der Waals surface area contributed by atoms with Gasteiger partial charge in [0.25, 0.3) is 0 Å². The Morgan fingerprint density at radius 3 is 2.50 bits per heavy atom. The van der Waals surface area contributed by atoms with E-state index in [0.717, 1.165) is 6.54 Å². The Balaban J connectivity index is 2.21. The van der Waals surface area contributed by atoms with Crippen molar-refractivity contribution in [1.82, 2.24) is 20.3 Å². The lowest BCUT2D eigenvalue weighted by atomic mass is 10.3. The summed E-state index contributed by atoms with van der Waals surface area (Å²) in [4.78, 5) is 11.6. The molecule has 2 rings (SSSR count). The van der Waals surface area contributed by atoms with E-state index in [9.17, 15) is 0 Å². The van der Waals surface area contributed by atoms with Crippen LogP contribution in [-0.2, 0) is 4.74 Å². The van der Waals surface area contributed by atoms with Crippen LogP contribution < -0.4 is 16.8 Å². The summed E-state index contributed by atoms with van der Waals surface area (Å²) in [5.74, 6) is 0.741. The van der Waals surface area contributed by atoms with Crippen molar-refractivity contribution in [3.63, 3.8) is 0 Å². The summed E-state index contributed by atoms with van der Waals surface area (Å²) in [5.41, 5.74) is 10.9. The molecular weight excluding hydrogens is 184 g/mol. The molecule has 1 atom stereocenters. The van der Waals surface area contributed by atoms with Crippen LogP contribution in [0.15, 0.2) is 0 Å². The fraction of sp³-hybridized carbons (Fsp3) is 0.571. The summed E-state index contributed by atoms with van der Waals surface area (Å²) in [5, 5.41) is 3.17. The van der Waals surface area contributed by atoms with Gasteiger partial charge in [-0.05, 0) is 0 Å². The zero-order valence-electron chi connectivity index (χ0n) is 7.60. The number of rotatable bonds is 1. The van der Waals surface area contributed by atoms with Crippen LogP contribution in [0.3, 0.4) is 0 Å². The zero-order valence-corrected chi connectivity index (χ0v) is 7.60. The van der Waals surface area contributed by atoms with Crippen molar-refractivity contribution in [3.8, 4) is 0 Å². The van der Waals surface area contributed by atoms with E-state index in [-0.39, 0.29) is 18.0 Å². The molecule has 7 nitrogen and oxygen atoms in total. The number of nitrogen functional groups attached to an aromatic ring is 2. The number of hydrogen-bond donors (Lipinski definition) is 3. The van der Waals surface area contributed by atoms with E-state index in [0.29, 0.717) is 19.0 Å². The number of nitrogens with one attached hydrogen (secondary N) is 1. The van der Waals surface area contributed by atoms with Crippen LogP contribution in [0.5, 0.6) is 0 Å². The Morgan fingerprint density at radius 1 is 1.21 bits per heavy atom. The van der Waals surface area contributed by atoms with Crippen molar-refractivity contribution in [1.29, 1.82) is 0 Å². The topological polar surface area (TPSA) is 112 Å². The number of aromatic nitrogens is 3. The van der Waals surface area contributed by atoms with Gasteiger partial charge in [-0.1, -0.05) is 0 Å². The first kappa shape index (κ1) is 9.10. The Kier molecular flexibility index (Phi) is 2.42. The van der Waals surface area contributed by atoms with Gasteiger partial charge < -0.3 is 21.5 Å². The van der Waals surface area contributed by atoms with E-state index >= 15 is 0 Å². The minimum absolute atomic E-state index is 0.127. The van der Waals surface area contributed by atoms with E-state index in [1.807, 2.05) is 0 Å². The molecule has 0 aliphatic carbocycles. The third-order valence-electron chi connectivity index (χ3n) is 1.90. The van der Waals surface area contributed by atoms with Crippen LogP contribution in [0.4, 0.5) is 11.9 Å². The highest BCUT2D eigenvalue weighted by atomic mass is 16.5. The first-order valence-corrected chi connectivity index (χ1v) is 4.35. The summed E-state index contributed by atoms with van der Waals surface area (Å²) in [7, 11) is 0. The van der Waals surface area contributed by atoms with E-state index in [1.165, 1.54) is 0 Å². The van der Waals surface area contributed by atoms with Gasteiger partial charge >= 0.3 is 0 Å². The number of hydrogen-bond acceptors (Lipinski definition) is 7. The highest BCUT2D eigenvalue weighted by Crippen LogP contribution is 2.15. The van der Waals surface area contributed by atoms with Crippen LogP contribution >= 0.6 is 0 Å². The summed E-state index contributed by atoms with van der Waals surface area (Å²) in [6.45, 7) is 2.14. The Labute approximate surface area is 80.9 Å². The lowest BCUT2D eigenvalue weighted by Crippen LogP contribution is -2.34. The molecule has 5 N–H and O–H groups in total. The standard InChI is InChI=1S/C7H12N6O/c8-6-11-5(12-7(9)13-6)4-3-10-1-2-14-4/h4,10H,1-3H2,(H4,8,9,11,12,13). The summed E-state index contributed by atoms with van der Waals surface area (Å²) < 4.78 is 5.45. The van der Waals surface area contributed by atoms with Crippen LogP contribution in [0.1, 0.15) is 11.9 Å². The maximum Gasteiger partial charge on any atom is 0.225 e. The molecule has 0 radical (unpaired) electrons. The summed E-state index contributed by atoms with van der Waals surface area (Å²) in [6.07, 6.45) is -0.184. The molecule has 0 spiro atoms. The van der Waals surface area contributed by atoms with Gasteiger partial charge in [-0.15, -0.1) is 0 Å². The van der Waals surface area contributed by atoms with Crippen molar-refractivity contribution in [3.05, 3.63) is 5.82 Å². The van der Waals surface area contributed by atoms with Crippen LogP contribution in [-0.4, -0.2) is 34.6 Å². The van der Waals surface area contributed by atoms with E-state index in [1.54, 1.807) is 0 Å².